The largest absolute Gasteiger partial charge is 0.399 e. The number of rotatable bonds is 3. The molecule has 0 spiro atoms. The van der Waals surface area contributed by atoms with Crippen molar-refractivity contribution in [3.8, 4) is 0 Å². The summed E-state index contributed by atoms with van der Waals surface area (Å²) in [6.45, 7) is 1.77. The van der Waals surface area contributed by atoms with E-state index in [9.17, 15) is 12.8 Å². The van der Waals surface area contributed by atoms with Gasteiger partial charge in [0.15, 0.2) is 5.82 Å². The molecule has 0 unspecified atom stereocenters. The fourth-order valence-corrected chi connectivity index (χ4v) is 3.41. The molecule has 0 atom stereocenters. The number of benzene rings is 2. The van der Waals surface area contributed by atoms with Crippen LogP contribution in [0.15, 0.2) is 35.2 Å². The normalized spacial score (nSPS) is 11.4. The standard InChI is InChI=1S/C13H11Cl2FN2O2S/c1-7-2-3-9(14)11(4-7)18-21(19,20)12-6-8(17)5-10(15)13(12)16/h2-6,18H,17H2,1H3. The third-order valence-corrected chi connectivity index (χ3v) is 4.64. The molecular formula is C13H11Cl2FN2O2S. The minimum Gasteiger partial charge on any atom is -0.399 e. The van der Waals surface area contributed by atoms with Gasteiger partial charge in [0.05, 0.1) is 15.7 Å². The summed E-state index contributed by atoms with van der Waals surface area (Å²) in [5, 5.41) is -0.176. The molecule has 0 radical (unpaired) electrons. The fraction of sp³-hybridized carbons (Fsp3) is 0.0769. The molecule has 0 aliphatic rings. The van der Waals surface area contributed by atoms with E-state index in [4.69, 9.17) is 28.9 Å². The van der Waals surface area contributed by atoms with Gasteiger partial charge in [-0.15, -0.1) is 0 Å². The van der Waals surface area contributed by atoms with Crippen molar-refractivity contribution in [2.24, 2.45) is 0 Å². The summed E-state index contributed by atoms with van der Waals surface area (Å²) in [6.07, 6.45) is 0. The lowest BCUT2D eigenvalue weighted by Gasteiger charge is -2.12. The SMILES string of the molecule is Cc1ccc(Cl)c(NS(=O)(=O)c2cc(N)cc(Cl)c2F)c1. The van der Waals surface area contributed by atoms with Gasteiger partial charge in [0.25, 0.3) is 10.0 Å². The molecule has 2 rings (SSSR count). The highest BCUT2D eigenvalue weighted by atomic mass is 35.5. The quantitative estimate of drug-likeness (QED) is 0.828. The number of hydrogen-bond donors (Lipinski definition) is 2. The van der Waals surface area contributed by atoms with Crippen molar-refractivity contribution >= 4 is 44.6 Å². The van der Waals surface area contributed by atoms with Gasteiger partial charge in [-0.3, -0.25) is 4.72 Å². The van der Waals surface area contributed by atoms with Crippen molar-refractivity contribution in [2.75, 3.05) is 10.5 Å². The van der Waals surface area contributed by atoms with Crippen LogP contribution < -0.4 is 10.5 Å². The van der Waals surface area contributed by atoms with Gasteiger partial charge < -0.3 is 5.73 Å². The topological polar surface area (TPSA) is 72.2 Å². The van der Waals surface area contributed by atoms with Crippen LogP contribution in [-0.2, 0) is 10.0 Å². The second-order valence-electron chi connectivity index (χ2n) is 4.40. The van der Waals surface area contributed by atoms with Crippen molar-refractivity contribution in [1.82, 2.24) is 0 Å². The molecule has 0 bridgehead atoms. The molecule has 8 heteroatoms. The summed E-state index contributed by atoms with van der Waals surface area (Å²) >= 11 is 11.5. The number of nitrogens with two attached hydrogens (primary N) is 1. The summed E-state index contributed by atoms with van der Waals surface area (Å²) in [4.78, 5) is -0.634. The monoisotopic (exact) mass is 348 g/mol. The van der Waals surface area contributed by atoms with Gasteiger partial charge in [0.2, 0.25) is 0 Å². The van der Waals surface area contributed by atoms with Crippen LogP contribution in [-0.4, -0.2) is 8.42 Å². The fourth-order valence-electron chi connectivity index (χ4n) is 1.70. The third kappa shape index (κ3) is 3.40. The molecule has 0 saturated carbocycles. The molecule has 0 aliphatic carbocycles. The summed E-state index contributed by atoms with van der Waals surface area (Å²) in [5.41, 5.74) is 6.48. The Hall–Kier alpha value is -1.50. The predicted octanol–water partition coefficient (Wildman–Crippen LogP) is 3.82. The lowest BCUT2D eigenvalue weighted by Crippen LogP contribution is -2.15. The maximum Gasteiger partial charge on any atom is 0.264 e. The minimum atomic E-state index is -4.20. The Morgan fingerprint density at radius 2 is 1.81 bits per heavy atom. The van der Waals surface area contributed by atoms with E-state index < -0.39 is 20.7 Å². The summed E-state index contributed by atoms with van der Waals surface area (Å²) in [5.74, 6) is -1.07. The molecule has 21 heavy (non-hydrogen) atoms. The van der Waals surface area contributed by atoms with Gasteiger partial charge in [0.1, 0.15) is 4.90 Å². The van der Waals surface area contributed by atoms with Crippen molar-refractivity contribution in [3.63, 3.8) is 0 Å². The van der Waals surface area contributed by atoms with Crippen molar-refractivity contribution in [3.05, 3.63) is 51.8 Å². The van der Waals surface area contributed by atoms with Crippen molar-refractivity contribution in [2.45, 2.75) is 11.8 Å². The highest BCUT2D eigenvalue weighted by Crippen LogP contribution is 2.29. The molecule has 3 N–H and O–H groups in total. The Balaban J connectivity index is 2.51. The molecule has 4 nitrogen and oxygen atoms in total. The lowest BCUT2D eigenvalue weighted by molar-refractivity contribution is 0.571. The average Bonchev–Trinajstić information content (AvgIpc) is 2.37. The average molecular weight is 349 g/mol. The van der Waals surface area contributed by atoms with Crippen LogP contribution in [0.5, 0.6) is 0 Å². The highest BCUT2D eigenvalue weighted by Gasteiger charge is 2.23. The molecule has 0 heterocycles. The zero-order valence-corrected chi connectivity index (χ0v) is 13.2. The van der Waals surface area contributed by atoms with E-state index >= 15 is 0 Å². The second-order valence-corrected chi connectivity index (χ2v) is 6.87. The Labute approximate surface area is 131 Å². The van der Waals surface area contributed by atoms with Gasteiger partial charge in [-0.05, 0) is 36.8 Å². The van der Waals surface area contributed by atoms with Gasteiger partial charge in [-0.2, -0.15) is 0 Å². The van der Waals surface area contributed by atoms with Gasteiger partial charge in [-0.25, -0.2) is 12.8 Å². The van der Waals surface area contributed by atoms with Crippen LogP contribution in [0.25, 0.3) is 0 Å². The number of aryl methyl sites for hydroxylation is 1. The number of sulfonamides is 1. The maximum absolute atomic E-state index is 13.9. The number of anilines is 2. The van der Waals surface area contributed by atoms with E-state index in [1.807, 2.05) is 0 Å². The molecule has 0 fully saturated rings. The van der Waals surface area contributed by atoms with E-state index in [-0.39, 0.29) is 21.4 Å². The number of nitrogen functional groups attached to an aromatic ring is 1. The van der Waals surface area contributed by atoms with Gasteiger partial charge in [0, 0.05) is 5.69 Å². The van der Waals surface area contributed by atoms with Crippen LogP contribution in [0.2, 0.25) is 10.0 Å². The lowest BCUT2D eigenvalue weighted by atomic mass is 10.2. The van der Waals surface area contributed by atoms with E-state index in [0.717, 1.165) is 17.7 Å². The summed E-state index contributed by atoms with van der Waals surface area (Å²) in [6, 6.07) is 6.92. The zero-order chi connectivity index (χ0) is 15.8. The smallest absolute Gasteiger partial charge is 0.264 e. The summed E-state index contributed by atoms with van der Waals surface area (Å²) < 4.78 is 40.7. The molecule has 0 aromatic heterocycles. The molecule has 0 aliphatic heterocycles. The molecule has 2 aromatic rings. The van der Waals surface area contributed by atoms with Crippen LogP contribution in [0.4, 0.5) is 15.8 Å². The Bertz CT molecular complexity index is 810. The predicted molar refractivity (Wildman–Crippen MR) is 82.8 cm³/mol. The Morgan fingerprint density at radius 1 is 1.14 bits per heavy atom. The first-order valence-corrected chi connectivity index (χ1v) is 7.98. The maximum atomic E-state index is 13.9. The van der Waals surface area contributed by atoms with Crippen molar-refractivity contribution < 1.29 is 12.8 Å². The second kappa shape index (κ2) is 5.71. The third-order valence-electron chi connectivity index (χ3n) is 2.67. The van der Waals surface area contributed by atoms with E-state index in [2.05, 4.69) is 4.72 Å². The van der Waals surface area contributed by atoms with Gasteiger partial charge in [-0.1, -0.05) is 29.3 Å². The Kier molecular flexibility index (Phi) is 4.32. The minimum absolute atomic E-state index is 0.0390. The molecule has 0 amide bonds. The first kappa shape index (κ1) is 15.9. The first-order valence-electron chi connectivity index (χ1n) is 5.74. The van der Waals surface area contributed by atoms with Crippen LogP contribution >= 0.6 is 23.2 Å². The zero-order valence-electron chi connectivity index (χ0n) is 10.8. The molecule has 112 valence electrons. The van der Waals surface area contributed by atoms with E-state index in [0.29, 0.717) is 0 Å². The van der Waals surface area contributed by atoms with Crippen LogP contribution in [0.3, 0.4) is 0 Å². The van der Waals surface area contributed by atoms with Gasteiger partial charge >= 0.3 is 0 Å². The van der Waals surface area contributed by atoms with Crippen molar-refractivity contribution in [1.29, 1.82) is 0 Å². The van der Waals surface area contributed by atoms with Crippen LogP contribution in [0, 0.1) is 12.7 Å². The Morgan fingerprint density at radius 3 is 2.48 bits per heavy atom. The molecular weight excluding hydrogens is 338 g/mol. The first-order chi connectivity index (χ1) is 9.70. The number of nitrogens with one attached hydrogen (secondary N) is 1. The number of halogens is 3. The molecule has 2 aromatic carbocycles. The van der Waals surface area contributed by atoms with E-state index in [1.165, 1.54) is 12.1 Å². The molecule has 0 saturated heterocycles. The summed E-state index contributed by atoms with van der Waals surface area (Å²) in [7, 11) is -4.20. The highest BCUT2D eigenvalue weighted by molar-refractivity contribution is 7.92. The van der Waals surface area contributed by atoms with E-state index in [1.54, 1.807) is 13.0 Å². The number of hydrogen-bond acceptors (Lipinski definition) is 3. The van der Waals surface area contributed by atoms with Crippen LogP contribution in [0.1, 0.15) is 5.56 Å².